The molecule has 0 aliphatic heterocycles. The van der Waals surface area contributed by atoms with Crippen molar-refractivity contribution in [3.05, 3.63) is 24.0 Å². The van der Waals surface area contributed by atoms with Crippen molar-refractivity contribution in [1.29, 1.82) is 0 Å². The fraction of sp³-hybridized carbons (Fsp3) is 0.571. The Labute approximate surface area is 104 Å². The molecule has 0 saturated heterocycles. The summed E-state index contributed by atoms with van der Waals surface area (Å²) >= 11 is 0. The van der Waals surface area contributed by atoms with Crippen molar-refractivity contribution in [3.8, 4) is 0 Å². The largest absolute Gasteiger partial charge is 0.395 e. The molecule has 0 amide bonds. The number of hydrogen-bond donors (Lipinski definition) is 1. The Balaban J connectivity index is 2.83. The number of para-hydroxylation sites is 1. The first kappa shape index (κ1) is 13.8. The number of nitrogen functional groups attached to an aromatic ring is 1. The molecule has 0 spiro atoms. The lowest BCUT2D eigenvalue weighted by molar-refractivity contribution is 0.628. The maximum atomic E-state index is 13.4. The Kier molecular flexibility index (Phi) is 5.81. The van der Waals surface area contributed by atoms with Crippen LogP contribution < -0.4 is 10.6 Å². The summed E-state index contributed by atoms with van der Waals surface area (Å²) in [5.74, 6) is -0.319. The van der Waals surface area contributed by atoms with Gasteiger partial charge in [-0.05, 0) is 25.0 Å². The van der Waals surface area contributed by atoms with E-state index in [4.69, 9.17) is 5.73 Å². The van der Waals surface area contributed by atoms with Crippen molar-refractivity contribution >= 4 is 11.4 Å². The zero-order valence-electron chi connectivity index (χ0n) is 10.9. The van der Waals surface area contributed by atoms with E-state index in [0.29, 0.717) is 0 Å². The summed E-state index contributed by atoms with van der Waals surface area (Å²) in [7, 11) is 0. The summed E-state index contributed by atoms with van der Waals surface area (Å²) in [5, 5.41) is 0. The van der Waals surface area contributed by atoms with Gasteiger partial charge in [-0.2, -0.15) is 0 Å². The normalized spacial score (nSPS) is 10.5. The molecule has 0 heterocycles. The lowest BCUT2D eigenvalue weighted by Gasteiger charge is -2.26. The number of hydrogen-bond acceptors (Lipinski definition) is 2. The van der Waals surface area contributed by atoms with E-state index in [1.807, 2.05) is 6.07 Å². The number of nitrogens with two attached hydrogens (primary N) is 1. The zero-order valence-corrected chi connectivity index (χ0v) is 10.9. The van der Waals surface area contributed by atoms with E-state index in [9.17, 15) is 4.39 Å². The number of unbranched alkanes of at least 4 members (excludes halogenated alkanes) is 2. The number of rotatable bonds is 7. The minimum absolute atomic E-state index is 0.278. The number of nitrogens with zero attached hydrogens (tertiary/aromatic N) is 1. The van der Waals surface area contributed by atoms with Crippen LogP contribution in [0.4, 0.5) is 15.8 Å². The van der Waals surface area contributed by atoms with Crippen molar-refractivity contribution in [2.45, 2.75) is 39.5 Å². The van der Waals surface area contributed by atoms with Crippen molar-refractivity contribution in [1.82, 2.24) is 0 Å². The molecule has 0 atom stereocenters. The standard InChI is InChI=1S/C14H23FN2/c1-3-5-10-17(11-6-4-2)13-9-7-8-12(15)14(13)16/h7-9H,3-6,10-11,16H2,1-2H3. The Morgan fingerprint density at radius 2 is 1.71 bits per heavy atom. The van der Waals surface area contributed by atoms with E-state index in [0.717, 1.165) is 44.5 Å². The lowest BCUT2D eigenvalue weighted by Crippen LogP contribution is -2.26. The smallest absolute Gasteiger partial charge is 0.148 e. The third kappa shape index (κ3) is 3.91. The van der Waals surface area contributed by atoms with E-state index < -0.39 is 0 Å². The van der Waals surface area contributed by atoms with E-state index in [1.54, 1.807) is 6.07 Å². The second-order valence-electron chi connectivity index (χ2n) is 4.37. The average molecular weight is 238 g/mol. The highest BCUT2D eigenvalue weighted by Gasteiger charge is 2.11. The van der Waals surface area contributed by atoms with Gasteiger partial charge < -0.3 is 10.6 Å². The molecular weight excluding hydrogens is 215 g/mol. The Hall–Kier alpha value is -1.25. The Morgan fingerprint density at radius 3 is 2.24 bits per heavy atom. The molecule has 0 saturated carbocycles. The molecule has 0 radical (unpaired) electrons. The quantitative estimate of drug-likeness (QED) is 0.732. The van der Waals surface area contributed by atoms with Crippen LogP contribution in [0.3, 0.4) is 0 Å². The molecule has 96 valence electrons. The second kappa shape index (κ2) is 7.15. The van der Waals surface area contributed by atoms with Gasteiger partial charge in [-0.15, -0.1) is 0 Å². The molecule has 0 aromatic heterocycles. The summed E-state index contributed by atoms with van der Waals surface area (Å²) in [6, 6.07) is 5.05. The van der Waals surface area contributed by atoms with Gasteiger partial charge in [-0.3, -0.25) is 0 Å². The fourth-order valence-corrected chi connectivity index (χ4v) is 1.85. The van der Waals surface area contributed by atoms with Gasteiger partial charge in [0.15, 0.2) is 0 Å². The summed E-state index contributed by atoms with van der Waals surface area (Å²) in [5.41, 5.74) is 6.93. The van der Waals surface area contributed by atoms with Crippen molar-refractivity contribution in [3.63, 3.8) is 0 Å². The molecule has 0 aliphatic rings. The van der Waals surface area contributed by atoms with Crippen LogP contribution in [0.1, 0.15) is 39.5 Å². The zero-order chi connectivity index (χ0) is 12.7. The predicted molar refractivity (Wildman–Crippen MR) is 72.8 cm³/mol. The van der Waals surface area contributed by atoms with Gasteiger partial charge in [0, 0.05) is 13.1 Å². The van der Waals surface area contributed by atoms with E-state index >= 15 is 0 Å². The van der Waals surface area contributed by atoms with Gasteiger partial charge in [0.2, 0.25) is 0 Å². The minimum Gasteiger partial charge on any atom is -0.395 e. The average Bonchev–Trinajstić information content (AvgIpc) is 2.34. The molecular formula is C14H23FN2. The van der Waals surface area contributed by atoms with Crippen LogP contribution in [0.5, 0.6) is 0 Å². The Bertz CT molecular complexity index is 331. The van der Waals surface area contributed by atoms with Crippen LogP contribution in [-0.2, 0) is 0 Å². The summed E-state index contributed by atoms with van der Waals surface area (Å²) in [6.45, 7) is 6.22. The van der Waals surface area contributed by atoms with Gasteiger partial charge in [0.1, 0.15) is 5.82 Å². The van der Waals surface area contributed by atoms with Crippen LogP contribution >= 0.6 is 0 Å². The van der Waals surface area contributed by atoms with Crippen LogP contribution in [0, 0.1) is 5.82 Å². The predicted octanol–water partition coefficient (Wildman–Crippen LogP) is 3.81. The summed E-state index contributed by atoms with van der Waals surface area (Å²) in [6.07, 6.45) is 4.50. The van der Waals surface area contributed by atoms with Crippen LogP contribution in [0.25, 0.3) is 0 Å². The molecule has 0 aliphatic carbocycles. The third-order valence-corrected chi connectivity index (χ3v) is 2.93. The molecule has 0 bridgehead atoms. The van der Waals surface area contributed by atoms with Crippen molar-refractivity contribution in [2.24, 2.45) is 0 Å². The monoisotopic (exact) mass is 238 g/mol. The maximum Gasteiger partial charge on any atom is 0.148 e. The van der Waals surface area contributed by atoms with Gasteiger partial charge >= 0.3 is 0 Å². The van der Waals surface area contributed by atoms with E-state index in [-0.39, 0.29) is 11.5 Å². The SMILES string of the molecule is CCCCN(CCCC)c1cccc(F)c1N. The molecule has 2 N–H and O–H groups in total. The number of benzene rings is 1. The molecule has 1 aromatic rings. The summed E-state index contributed by atoms with van der Waals surface area (Å²) < 4.78 is 13.4. The Morgan fingerprint density at radius 1 is 1.12 bits per heavy atom. The highest BCUT2D eigenvalue weighted by Crippen LogP contribution is 2.26. The highest BCUT2D eigenvalue weighted by atomic mass is 19.1. The molecule has 2 nitrogen and oxygen atoms in total. The fourth-order valence-electron chi connectivity index (χ4n) is 1.85. The van der Waals surface area contributed by atoms with Gasteiger partial charge in [0.05, 0.1) is 11.4 Å². The first-order valence-electron chi connectivity index (χ1n) is 6.49. The summed E-state index contributed by atoms with van der Waals surface area (Å²) in [4.78, 5) is 2.20. The number of anilines is 2. The van der Waals surface area contributed by atoms with Crippen LogP contribution in [0.15, 0.2) is 18.2 Å². The first-order chi connectivity index (χ1) is 8.20. The van der Waals surface area contributed by atoms with Crippen LogP contribution in [0.2, 0.25) is 0 Å². The lowest BCUT2D eigenvalue weighted by atomic mass is 10.2. The van der Waals surface area contributed by atoms with E-state index in [1.165, 1.54) is 6.07 Å². The molecule has 1 aromatic carbocycles. The maximum absolute atomic E-state index is 13.4. The molecule has 3 heteroatoms. The van der Waals surface area contributed by atoms with Gasteiger partial charge in [-0.1, -0.05) is 32.8 Å². The minimum atomic E-state index is -0.319. The van der Waals surface area contributed by atoms with Crippen LogP contribution in [-0.4, -0.2) is 13.1 Å². The molecule has 0 fully saturated rings. The topological polar surface area (TPSA) is 29.3 Å². The van der Waals surface area contributed by atoms with E-state index in [2.05, 4.69) is 18.7 Å². The highest BCUT2D eigenvalue weighted by molar-refractivity contribution is 5.68. The molecule has 17 heavy (non-hydrogen) atoms. The van der Waals surface area contributed by atoms with Crippen molar-refractivity contribution in [2.75, 3.05) is 23.7 Å². The third-order valence-electron chi connectivity index (χ3n) is 2.93. The molecule has 1 rings (SSSR count). The molecule has 0 unspecified atom stereocenters. The van der Waals surface area contributed by atoms with Gasteiger partial charge in [-0.25, -0.2) is 4.39 Å². The van der Waals surface area contributed by atoms with Gasteiger partial charge in [0.25, 0.3) is 0 Å². The number of halogens is 1. The first-order valence-corrected chi connectivity index (χ1v) is 6.49. The second-order valence-corrected chi connectivity index (χ2v) is 4.37. The van der Waals surface area contributed by atoms with Crippen molar-refractivity contribution < 1.29 is 4.39 Å².